The van der Waals surface area contributed by atoms with Gasteiger partial charge in [-0.25, -0.2) is 4.98 Å². The minimum Gasteiger partial charge on any atom is -0.438 e. The van der Waals surface area contributed by atoms with Crippen LogP contribution in [0.4, 0.5) is 17.1 Å². The van der Waals surface area contributed by atoms with Gasteiger partial charge in [-0.05, 0) is 56.2 Å². The van der Waals surface area contributed by atoms with Gasteiger partial charge >= 0.3 is 0 Å². The van der Waals surface area contributed by atoms with Gasteiger partial charge in [0.1, 0.15) is 17.8 Å². The summed E-state index contributed by atoms with van der Waals surface area (Å²) in [6, 6.07) is 14.7. The molecule has 28 heavy (non-hydrogen) atoms. The van der Waals surface area contributed by atoms with Crippen LogP contribution in [0, 0.1) is 25.2 Å². The molecule has 0 spiro atoms. The molecule has 3 heterocycles. The van der Waals surface area contributed by atoms with Gasteiger partial charge in [0.15, 0.2) is 0 Å². The number of aromatic nitrogens is 1. The summed E-state index contributed by atoms with van der Waals surface area (Å²) in [5.41, 5.74) is 7.49. The number of pyridine rings is 1. The zero-order chi connectivity index (χ0) is 19.6. The Labute approximate surface area is 163 Å². The van der Waals surface area contributed by atoms with E-state index in [-0.39, 0.29) is 6.17 Å². The van der Waals surface area contributed by atoms with Crippen LogP contribution in [0.1, 0.15) is 23.6 Å². The van der Waals surface area contributed by atoms with E-state index in [0.717, 1.165) is 50.1 Å². The Balaban J connectivity index is 1.76. The van der Waals surface area contributed by atoms with Crippen molar-refractivity contribution in [1.29, 1.82) is 5.26 Å². The third-order valence-electron chi connectivity index (χ3n) is 5.85. The Hall–Kier alpha value is -3.52. The van der Waals surface area contributed by atoms with E-state index in [4.69, 9.17) is 4.42 Å². The highest BCUT2D eigenvalue weighted by molar-refractivity contribution is 6.05. The fraction of sp³-hybridized carbons (Fsp3) is 0.217. The van der Waals surface area contributed by atoms with E-state index in [1.54, 1.807) is 6.20 Å². The lowest BCUT2D eigenvalue weighted by atomic mass is 10.0. The van der Waals surface area contributed by atoms with Crippen molar-refractivity contribution >= 4 is 39.1 Å². The Morgan fingerprint density at radius 2 is 1.89 bits per heavy atom. The molecule has 1 aliphatic heterocycles. The summed E-state index contributed by atoms with van der Waals surface area (Å²) in [7, 11) is 2.04. The van der Waals surface area contributed by atoms with Crippen LogP contribution in [0.5, 0.6) is 0 Å². The van der Waals surface area contributed by atoms with E-state index in [0.29, 0.717) is 5.71 Å². The Bertz CT molecular complexity index is 1300. The zero-order valence-corrected chi connectivity index (χ0v) is 16.3. The van der Waals surface area contributed by atoms with Crippen molar-refractivity contribution in [3.8, 4) is 6.07 Å². The minimum atomic E-state index is 0.0857. The van der Waals surface area contributed by atoms with Gasteiger partial charge in [-0.3, -0.25) is 0 Å². The van der Waals surface area contributed by atoms with Gasteiger partial charge in [-0.1, -0.05) is 6.07 Å². The van der Waals surface area contributed by atoms with Crippen LogP contribution in [0.2, 0.25) is 0 Å². The molecular formula is C23H20N4O. The number of benzene rings is 2. The van der Waals surface area contributed by atoms with Crippen LogP contribution in [-0.2, 0) is 0 Å². The molecule has 0 fully saturated rings. The second-order valence-corrected chi connectivity index (χ2v) is 7.44. The van der Waals surface area contributed by atoms with Gasteiger partial charge in [0, 0.05) is 35.8 Å². The van der Waals surface area contributed by atoms with E-state index >= 15 is 0 Å². The van der Waals surface area contributed by atoms with E-state index in [2.05, 4.69) is 52.9 Å². The lowest BCUT2D eigenvalue weighted by Crippen LogP contribution is -2.36. The number of nitrogens with zero attached hydrogens (tertiary/aromatic N) is 4. The van der Waals surface area contributed by atoms with Crippen molar-refractivity contribution in [3.63, 3.8) is 0 Å². The molecular weight excluding hydrogens is 348 g/mol. The predicted molar refractivity (Wildman–Crippen MR) is 112 cm³/mol. The Kier molecular flexibility index (Phi) is 3.41. The van der Waals surface area contributed by atoms with Crippen molar-refractivity contribution in [1.82, 2.24) is 4.98 Å². The molecule has 5 nitrogen and oxygen atoms in total. The monoisotopic (exact) mass is 368 g/mol. The molecule has 0 saturated heterocycles. The van der Waals surface area contributed by atoms with E-state index in [9.17, 15) is 5.26 Å². The van der Waals surface area contributed by atoms with Crippen LogP contribution in [0.15, 0.2) is 47.0 Å². The van der Waals surface area contributed by atoms with Gasteiger partial charge in [0.2, 0.25) is 5.71 Å². The van der Waals surface area contributed by atoms with Crippen molar-refractivity contribution in [2.24, 2.45) is 0 Å². The molecule has 5 heteroatoms. The summed E-state index contributed by atoms with van der Waals surface area (Å²) in [6.07, 6.45) is 1.83. The molecule has 0 aliphatic carbocycles. The number of furan rings is 1. The predicted octanol–water partition coefficient (Wildman–Crippen LogP) is 5.40. The maximum absolute atomic E-state index is 9.70. The third kappa shape index (κ3) is 2.09. The molecule has 5 rings (SSSR count). The molecule has 0 bridgehead atoms. The molecule has 0 saturated carbocycles. The van der Waals surface area contributed by atoms with Crippen LogP contribution >= 0.6 is 0 Å². The number of anilines is 3. The van der Waals surface area contributed by atoms with Gasteiger partial charge in [-0.15, -0.1) is 0 Å². The molecule has 4 aromatic rings. The van der Waals surface area contributed by atoms with Crippen molar-refractivity contribution < 1.29 is 4.42 Å². The average molecular weight is 368 g/mol. The number of fused-ring (bicyclic) bond motifs is 4. The highest BCUT2D eigenvalue weighted by atomic mass is 16.3. The lowest BCUT2D eigenvalue weighted by molar-refractivity contribution is 0.653. The second-order valence-electron chi connectivity index (χ2n) is 7.44. The smallest absolute Gasteiger partial charge is 0.227 e. The van der Waals surface area contributed by atoms with Gasteiger partial charge < -0.3 is 14.2 Å². The van der Waals surface area contributed by atoms with Crippen molar-refractivity contribution in [3.05, 3.63) is 59.3 Å². The summed E-state index contributed by atoms with van der Waals surface area (Å²) < 4.78 is 6.02. The number of hydrogen-bond donors (Lipinski definition) is 0. The topological polar surface area (TPSA) is 56.3 Å². The SMILES string of the molecule is Cc1cc2c(cc1N1c3ccc(C)c(C#N)c3N(C)C1C)oc1ncccc12. The van der Waals surface area contributed by atoms with Crippen LogP contribution in [0.25, 0.3) is 22.1 Å². The van der Waals surface area contributed by atoms with Gasteiger partial charge in [0.05, 0.1) is 16.9 Å². The standard InChI is InChI=1S/C23H20N4O/c1-13-7-8-19-22(18(13)12-24)26(4)15(3)27(19)20-11-21-17(10-14(20)2)16-6-5-9-25-23(16)28-21/h5-11,15H,1-4H3. The normalized spacial score (nSPS) is 16.0. The summed E-state index contributed by atoms with van der Waals surface area (Å²) in [6.45, 7) is 6.26. The molecule has 2 aromatic carbocycles. The fourth-order valence-electron chi connectivity index (χ4n) is 4.28. The van der Waals surface area contributed by atoms with E-state index in [1.165, 1.54) is 0 Å². The van der Waals surface area contributed by atoms with E-state index in [1.807, 2.05) is 32.2 Å². The maximum Gasteiger partial charge on any atom is 0.227 e. The number of nitriles is 1. The number of hydrogen-bond acceptors (Lipinski definition) is 5. The van der Waals surface area contributed by atoms with E-state index < -0.39 is 0 Å². The van der Waals surface area contributed by atoms with Crippen LogP contribution in [0.3, 0.4) is 0 Å². The van der Waals surface area contributed by atoms with Crippen molar-refractivity contribution in [2.75, 3.05) is 16.8 Å². The maximum atomic E-state index is 9.70. The third-order valence-corrected chi connectivity index (χ3v) is 5.85. The zero-order valence-electron chi connectivity index (χ0n) is 16.3. The summed E-state index contributed by atoms with van der Waals surface area (Å²) in [5, 5.41) is 11.8. The second kappa shape index (κ2) is 5.74. The largest absolute Gasteiger partial charge is 0.438 e. The molecule has 0 amide bonds. The quantitative estimate of drug-likeness (QED) is 0.450. The van der Waals surface area contributed by atoms with Crippen LogP contribution < -0.4 is 9.80 Å². The summed E-state index contributed by atoms with van der Waals surface area (Å²) in [5.74, 6) is 0. The Morgan fingerprint density at radius 3 is 2.68 bits per heavy atom. The first-order valence-corrected chi connectivity index (χ1v) is 9.35. The lowest BCUT2D eigenvalue weighted by Gasteiger charge is -2.29. The highest BCUT2D eigenvalue weighted by Gasteiger charge is 2.35. The molecule has 138 valence electrons. The highest BCUT2D eigenvalue weighted by Crippen LogP contribution is 2.47. The molecule has 1 unspecified atom stereocenters. The number of aryl methyl sites for hydroxylation is 2. The Morgan fingerprint density at radius 1 is 1.07 bits per heavy atom. The minimum absolute atomic E-state index is 0.0857. The molecule has 0 N–H and O–H groups in total. The van der Waals surface area contributed by atoms with Crippen molar-refractivity contribution in [2.45, 2.75) is 26.9 Å². The molecule has 0 radical (unpaired) electrons. The first-order valence-electron chi connectivity index (χ1n) is 9.35. The molecule has 1 aliphatic rings. The molecule has 2 aromatic heterocycles. The first kappa shape index (κ1) is 16.6. The number of rotatable bonds is 1. The van der Waals surface area contributed by atoms with Crippen LogP contribution in [-0.4, -0.2) is 18.2 Å². The summed E-state index contributed by atoms with van der Waals surface area (Å²) >= 11 is 0. The van der Waals surface area contributed by atoms with Gasteiger partial charge in [-0.2, -0.15) is 5.26 Å². The van der Waals surface area contributed by atoms with Gasteiger partial charge in [0.25, 0.3) is 0 Å². The molecule has 1 atom stereocenters. The fourth-order valence-corrected chi connectivity index (χ4v) is 4.28. The average Bonchev–Trinajstić information content (AvgIpc) is 3.17. The first-order chi connectivity index (χ1) is 13.5. The summed E-state index contributed by atoms with van der Waals surface area (Å²) in [4.78, 5) is 8.80.